The molecule has 0 aliphatic heterocycles. The predicted molar refractivity (Wildman–Crippen MR) is 75.5 cm³/mol. The Morgan fingerprint density at radius 3 is 2.78 bits per heavy atom. The summed E-state index contributed by atoms with van der Waals surface area (Å²) in [4.78, 5) is 13.5. The zero-order valence-electron chi connectivity index (χ0n) is 10.9. The number of anilines is 1. The molecule has 1 aromatic rings. The summed E-state index contributed by atoms with van der Waals surface area (Å²) in [6, 6.07) is 5.46. The van der Waals surface area contributed by atoms with Crippen molar-refractivity contribution in [3.63, 3.8) is 0 Å². The maximum atomic E-state index is 11.4. The number of carbonyl (C=O) groups excluding carboxylic acids is 1. The third kappa shape index (κ3) is 4.20. The second kappa shape index (κ2) is 7.24. The first-order chi connectivity index (χ1) is 8.58. The van der Waals surface area contributed by atoms with Gasteiger partial charge in [0, 0.05) is 29.9 Å². The first-order valence-corrected chi connectivity index (χ1v) is 6.42. The number of amides is 1. The molecule has 0 aliphatic rings. The van der Waals surface area contributed by atoms with Crippen LogP contribution in [0.5, 0.6) is 0 Å². The summed E-state index contributed by atoms with van der Waals surface area (Å²) in [6.45, 7) is 3.85. The molecule has 100 valence electrons. The highest BCUT2D eigenvalue weighted by molar-refractivity contribution is 6.31. The Kier molecular flexibility index (Phi) is 5.95. The number of carbonyl (C=O) groups is 1. The number of nitrogens with one attached hydrogen (secondary N) is 1. The van der Waals surface area contributed by atoms with Crippen molar-refractivity contribution >= 4 is 23.2 Å². The van der Waals surface area contributed by atoms with E-state index >= 15 is 0 Å². The van der Waals surface area contributed by atoms with E-state index in [0.29, 0.717) is 23.8 Å². The fourth-order valence-electron chi connectivity index (χ4n) is 1.78. The molecule has 0 fully saturated rings. The molecular weight excluding hydrogens is 250 g/mol. The Labute approximate surface area is 113 Å². The number of nitrogens with zero attached hydrogens (tertiary/aromatic N) is 1. The lowest BCUT2D eigenvalue weighted by molar-refractivity contribution is -0.121. The van der Waals surface area contributed by atoms with E-state index in [1.807, 2.05) is 23.1 Å². The van der Waals surface area contributed by atoms with Crippen molar-refractivity contribution in [2.45, 2.75) is 19.9 Å². The van der Waals surface area contributed by atoms with Crippen LogP contribution < -0.4 is 11.1 Å². The van der Waals surface area contributed by atoms with Crippen LogP contribution in [-0.4, -0.2) is 30.9 Å². The van der Waals surface area contributed by atoms with Crippen molar-refractivity contribution in [3.8, 4) is 0 Å². The highest BCUT2D eigenvalue weighted by atomic mass is 35.5. The average molecular weight is 270 g/mol. The van der Waals surface area contributed by atoms with E-state index in [2.05, 4.69) is 12.2 Å². The van der Waals surface area contributed by atoms with Gasteiger partial charge in [0.25, 0.3) is 0 Å². The van der Waals surface area contributed by atoms with E-state index in [1.54, 1.807) is 7.05 Å². The molecule has 0 unspecified atom stereocenters. The predicted octanol–water partition coefficient (Wildman–Crippen LogP) is 1.88. The van der Waals surface area contributed by atoms with Gasteiger partial charge in [-0.25, -0.2) is 0 Å². The monoisotopic (exact) mass is 269 g/mol. The van der Waals surface area contributed by atoms with Crippen molar-refractivity contribution in [3.05, 3.63) is 28.8 Å². The van der Waals surface area contributed by atoms with Gasteiger partial charge in [-0.1, -0.05) is 24.6 Å². The number of likely N-dealkylation sites (N-methyl/N-ethyl adjacent to an activating group) is 1. The molecule has 4 nitrogen and oxygen atoms in total. The number of rotatable bonds is 6. The van der Waals surface area contributed by atoms with Crippen LogP contribution in [0.3, 0.4) is 0 Å². The summed E-state index contributed by atoms with van der Waals surface area (Å²) in [6.07, 6.45) is 0.974. The standard InChI is InChI=1S/C13H20ClN3O/c1-3-7-17(9-13(18)16-2)8-10-11(14)5-4-6-12(10)15/h4-6H,3,7-9,15H2,1-2H3,(H,16,18). The third-order valence-corrected chi connectivity index (χ3v) is 3.08. The summed E-state index contributed by atoms with van der Waals surface area (Å²) < 4.78 is 0. The van der Waals surface area contributed by atoms with E-state index in [0.717, 1.165) is 18.5 Å². The van der Waals surface area contributed by atoms with Crippen LogP contribution in [-0.2, 0) is 11.3 Å². The molecule has 0 spiro atoms. The molecular formula is C13H20ClN3O. The van der Waals surface area contributed by atoms with Crippen molar-refractivity contribution in [2.24, 2.45) is 0 Å². The minimum absolute atomic E-state index is 0.00549. The molecule has 18 heavy (non-hydrogen) atoms. The van der Waals surface area contributed by atoms with Crippen LogP contribution in [0.25, 0.3) is 0 Å². The molecule has 1 rings (SSSR count). The molecule has 0 atom stereocenters. The normalized spacial score (nSPS) is 10.7. The molecule has 5 heteroatoms. The van der Waals surface area contributed by atoms with Crippen LogP contribution >= 0.6 is 11.6 Å². The highest BCUT2D eigenvalue weighted by Crippen LogP contribution is 2.23. The first kappa shape index (κ1) is 14.8. The lowest BCUT2D eigenvalue weighted by Gasteiger charge is -2.22. The van der Waals surface area contributed by atoms with Crippen LogP contribution in [0, 0.1) is 0 Å². The van der Waals surface area contributed by atoms with E-state index in [9.17, 15) is 4.79 Å². The van der Waals surface area contributed by atoms with Gasteiger partial charge in [0.15, 0.2) is 0 Å². The molecule has 0 saturated carbocycles. The molecule has 0 heterocycles. The van der Waals surface area contributed by atoms with Gasteiger partial charge in [0.2, 0.25) is 5.91 Å². The zero-order chi connectivity index (χ0) is 13.5. The summed E-state index contributed by atoms with van der Waals surface area (Å²) in [5.41, 5.74) is 7.47. The van der Waals surface area contributed by atoms with Crippen molar-refractivity contribution in [1.29, 1.82) is 0 Å². The molecule has 0 bridgehead atoms. The van der Waals surface area contributed by atoms with Crippen LogP contribution in [0.1, 0.15) is 18.9 Å². The first-order valence-electron chi connectivity index (χ1n) is 6.04. The van der Waals surface area contributed by atoms with E-state index < -0.39 is 0 Å². The molecule has 0 radical (unpaired) electrons. The highest BCUT2D eigenvalue weighted by Gasteiger charge is 2.13. The Morgan fingerprint density at radius 1 is 1.50 bits per heavy atom. The largest absolute Gasteiger partial charge is 0.398 e. The average Bonchev–Trinajstić information content (AvgIpc) is 2.34. The van der Waals surface area contributed by atoms with Gasteiger partial charge < -0.3 is 11.1 Å². The van der Waals surface area contributed by atoms with Crippen molar-refractivity contribution in [2.75, 3.05) is 25.9 Å². The molecule has 0 aliphatic carbocycles. The fourth-order valence-corrected chi connectivity index (χ4v) is 2.02. The Hall–Kier alpha value is -1.26. The zero-order valence-corrected chi connectivity index (χ0v) is 11.6. The number of benzene rings is 1. The van der Waals surface area contributed by atoms with Gasteiger partial charge in [-0.3, -0.25) is 9.69 Å². The second-order valence-corrected chi connectivity index (χ2v) is 4.60. The van der Waals surface area contributed by atoms with Crippen LogP contribution in [0.2, 0.25) is 5.02 Å². The Balaban J connectivity index is 2.79. The van der Waals surface area contributed by atoms with Crippen LogP contribution in [0.15, 0.2) is 18.2 Å². The van der Waals surface area contributed by atoms with Gasteiger partial charge in [0.05, 0.1) is 6.54 Å². The van der Waals surface area contributed by atoms with Crippen molar-refractivity contribution < 1.29 is 4.79 Å². The number of hydrogen-bond donors (Lipinski definition) is 2. The summed E-state index contributed by atoms with van der Waals surface area (Å²) in [5, 5.41) is 3.27. The third-order valence-electron chi connectivity index (χ3n) is 2.72. The summed E-state index contributed by atoms with van der Waals surface area (Å²) >= 11 is 6.14. The summed E-state index contributed by atoms with van der Waals surface area (Å²) in [7, 11) is 1.64. The Bertz CT molecular complexity index is 389. The van der Waals surface area contributed by atoms with Gasteiger partial charge in [0.1, 0.15) is 0 Å². The molecule has 1 aromatic carbocycles. The second-order valence-electron chi connectivity index (χ2n) is 4.19. The number of hydrogen-bond acceptors (Lipinski definition) is 3. The Morgan fingerprint density at radius 2 is 2.22 bits per heavy atom. The minimum atomic E-state index is -0.00549. The smallest absolute Gasteiger partial charge is 0.233 e. The number of halogens is 1. The SMILES string of the molecule is CCCN(CC(=O)NC)Cc1c(N)cccc1Cl. The minimum Gasteiger partial charge on any atom is -0.398 e. The van der Waals surface area contributed by atoms with Gasteiger partial charge >= 0.3 is 0 Å². The van der Waals surface area contributed by atoms with E-state index in [-0.39, 0.29) is 5.91 Å². The lowest BCUT2D eigenvalue weighted by atomic mass is 10.1. The fraction of sp³-hybridized carbons (Fsp3) is 0.462. The molecule has 0 aromatic heterocycles. The lowest BCUT2D eigenvalue weighted by Crippen LogP contribution is -2.35. The van der Waals surface area contributed by atoms with E-state index in [4.69, 9.17) is 17.3 Å². The van der Waals surface area contributed by atoms with Gasteiger partial charge in [-0.05, 0) is 25.1 Å². The van der Waals surface area contributed by atoms with Gasteiger partial charge in [-0.2, -0.15) is 0 Å². The maximum absolute atomic E-state index is 11.4. The van der Waals surface area contributed by atoms with E-state index in [1.165, 1.54) is 0 Å². The molecule has 1 amide bonds. The maximum Gasteiger partial charge on any atom is 0.233 e. The van der Waals surface area contributed by atoms with Crippen LogP contribution in [0.4, 0.5) is 5.69 Å². The quantitative estimate of drug-likeness (QED) is 0.776. The summed E-state index contributed by atoms with van der Waals surface area (Å²) in [5.74, 6) is -0.00549. The van der Waals surface area contributed by atoms with Crippen molar-refractivity contribution in [1.82, 2.24) is 10.2 Å². The number of nitrogens with two attached hydrogens (primary N) is 1. The molecule has 0 saturated heterocycles. The number of nitrogen functional groups attached to an aromatic ring is 1. The topological polar surface area (TPSA) is 58.4 Å². The molecule has 3 N–H and O–H groups in total. The van der Waals surface area contributed by atoms with Gasteiger partial charge in [-0.15, -0.1) is 0 Å².